The van der Waals surface area contributed by atoms with E-state index in [2.05, 4.69) is 38.1 Å². The van der Waals surface area contributed by atoms with Crippen molar-refractivity contribution in [2.45, 2.75) is 31.0 Å². The van der Waals surface area contributed by atoms with Crippen molar-refractivity contribution in [3.63, 3.8) is 0 Å². The maximum Gasteiger partial charge on any atom is 0.160 e. The van der Waals surface area contributed by atoms with Crippen LogP contribution >= 0.6 is 0 Å². The molecule has 1 aliphatic rings. The van der Waals surface area contributed by atoms with Gasteiger partial charge >= 0.3 is 0 Å². The Bertz CT molecular complexity index is 880. The van der Waals surface area contributed by atoms with Crippen molar-refractivity contribution in [2.24, 2.45) is 0 Å². The van der Waals surface area contributed by atoms with E-state index < -0.39 is 5.60 Å². The molecule has 1 saturated heterocycles. The third kappa shape index (κ3) is 2.88. The van der Waals surface area contributed by atoms with Crippen LogP contribution in [0.3, 0.4) is 0 Å². The molecule has 1 unspecified atom stereocenters. The number of benzene rings is 3. The molecular formula is C24H25NO2. The van der Waals surface area contributed by atoms with E-state index in [9.17, 15) is 5.11 Å². The third-order valence-electron chi connectivity index (χ3n) is 5.58. The summed E-state index contributed by atoms with van der Waals surface area (Å²) in [6.45, 7) is 4.23. The monoisotopic (exact) mass is 359 g/mol. The van der Waals surface area contributed by atoms with Gasteiger partial charge in [-0.05, 0) is 30.5 Å². The Morgan fingerprint density at radius 1 is 0.852 bits per heavy atom. The summed E-state index contributed by atoms with van der Waals surface area (Å²) in [5, 5.41) is 12.5. The summed E-state index contributed by atoms with van der Waals surface area (Å²) < 4.78 is 0. The fourth-order valence-electron chi connectivity index (χ4n) is 4.01. The first-order valence-electron chi connectivity index (χ1n) is 9.35. The van der Waals surface area contributed by atoms with Gasteiger partial charge in [-0.15, -0.1) is 0 Å². The standard InChI is InChI=1S/C24H25NO2/c1-23(2,20-14-8-4-9-15-20)25-22(19-12-6-3-7-13-19)24(18-26,27-25)21-16-10-5-11-17-21/h3-17,22,26H,18H2,1-2H3/t22-,24?/m0/s1. The van der Waals surface area contributed by atoms with Gasteiger partial charge in [-0.3, -0.25) is 4.84 Å². The van der Waals surface area contributed by atoms with Crippen molar-refractivity contribution in [3.05, 3.63) is 108 Å². The van der Waals surface area contributed by atoms with Gasteiger partial charge in [0.25, 0.3) is 0 Å². The molecule has 0 radical (unpaired) electrons. The quantitative estimate of drug-likeness (QED) is 0.710. The molecule has 0 spiro atoms. The Labute approximate surface area is 160 Å². The van der Waals surface area contributed by atoms with Gasteiger partial charge < -0.3 is 5.11 Å². The zero-order valence-corrected chi connectivity index (χ0v) is 15.7. The molecule has 138 valence electrons. The Morgan fingerprint density at radius 3 is 1.93 bits per heavy atom. The summed E-state index contributed by atoms with van der Waals surface area (Å²) in [7, 11) is 0. The fraction of sp³-hybridized carbons (Fsp3) is 0.250. The van der Waals surface area contributed by atoms with Gasteiger partial charge in [0.05, 0.1) is 18.2 Å². The first-order chi connectivity index (χ1) is 13.1. The lowest BCUT2D eigenvalue weighted by atomic mass is 9.77. The molecule has 1 N–H and O–H groups in total. The number of nitrogens with zero attached hydrogens (tertiary/aromatic N) is 1. The fourth-order valence-corrected chi connectivity index (χ4v) is 4.01. The number of rotatable bonds is 5. The van der Waals surface area contributed by atoms with Crippen molar-refractivity contribution in [1.82, 2.24) is 5.06 Å². The largest absolute Gasteiger partial charge is 0.393 e. The van der Waals surface area contributed by atoms with Crippen LogP contribution in [0.4, 0.5) is 0 Å². The molecule has 27 heavy (non-hydrogen) atoms. The van der Waals surface area contributed by atoms with Crippen molar-refractivity contribution >= 4 is 0 Å². The van der Waals surface area contributed by atoms with Crippen LogP contribution in [0.2, 0.25) is 0 Å². The highest BCUT2D eigenvalue weighted by Crippen LogP contribution is 2.56. The van der Waals surface area contributed by atoms with Crippen molar-refractivity contribution < 1.29 is 9.94 Å². The minimum Gasteiger partial charge on any atom is -0.393 e. The molecule has 0 amide bonds. The average molecular weight is 359 g/mol. The predicted molar refractivity (Wildman–Crippen MR) is 107 cm³/mol. The van der Waals surface area contributed by atoms with Gasteiger partial charge in [0, 0.05) is 0 Å². The normalized spacial score (nSPS) is 23.0. The summed E-state index contributed by atoms with van der Waals surface area (Å²) >= 11 is 0. The zero-order valence-electron chi connectivity index (χ0n) is 15.7. The molecule has 3 aromatic carbocycles. The number of aliphatic hydroxyl groups excluding tert-OH is 1. The molecule has 3 aromatic rings. The number of hydrogen-bond donors (Lipinski definition) is 1. The Kier molecular flexibility index (Phi) is 4.60. The minimum absolute atomic E-state index is 0.0854. The van der Waals surface area contributed by atoms with Gasteiger partial charge in [-0.1, -0.05) is 91.0 Å². The van der Waals surface area contributed by atoms with Gasteiger partial charge in [-0.2, -0.15) is 5.06 Å². The van der Waals surface area contributed by atoms with E-state index in [0.29, 0.717) is 0 Å². The first-order valence-corrected chi connectivity index (χ1v) is 9.35. The molecule has 0 aromatic heterocycles. The van der Waals surface area contributed by atoms with Crippen molar-refractivity contribution in [2.75, 3.05) is 6.61 Å². The Balaban J connectivity index is 1.81. The van der Waals surface area contributed by atoms with Crippen LogP contribution in [0.1, 0.15) is 36.6 Å². The molecule has 3 heteroatoms. The van der Waals surface area contributed by atoms with E-state index in [-0.39, 0.29) is 18.2 Å². The van der Waals surface area contributed by atoms with E-state index in [0.717, 1.165) is 11.1 Å². The predicted octanol–water partition coefficient (Wildman–Crippen LogP) is 4.80. The number of aliphatic hydroxyl groups is 1. The van der Waals surface area contributed by atoms with Gasteiger partial charge in [-0.25, -0.2) is 0 Å². The molecule has 0 saturated carbocycles. The number of hydrogen-bond acceptors (Lipinski definition) is 3. The topological polar surface area (TPSA) is 32.7 Å². The highest BCUT2D eigenvalue weighted by atomic mass is 16.7. The second-order valence-electron chi connectivity index (χ2n) is 7.57. The molecule has 1 heterocycles. The molecule has 4 rings (SSSR count). The Morgan fingerprint density at radius 2 is 1.37 bits per heavy atom. The van der Waals surface area contributed by atoms with Gasteiger partial charge in [0.2, 0.25) is 0 Å². The van der Waals surface area contributed by atoms with Crippen molar-refractivity contribution in [3.8, 4) is 0 Å². The maximum atomic E-state index is 10.4. The lowest BCUT2D eigenvalue weighted by molar-refractivity contribution is -0.446. The van der Waals surface area contributed by atoms with Crippen LogP contribution in [0.5, 0.6) is 0 Å². The minimum atomic E-state index is -0.783. The van der Waals surface area contributed by atoms with E-state index >= 15 is 0 Å². The molecule has 3 nitrogen and oxygen atoms in total. The van der Waals surface area contributed by atoms with Gasteiger partial charge in [0.1, 0.15) is 0 Å². The highest BCUT2D eigenvalue weighted by molar-refractivity contribution is 5.35. The molecule has 1 fully saturated rings. The summed E-state index contributed by atoms with van der Waals surface area (Å²) in [6, 6.07) is 30.6. The lowest BCUT2D eigenvalue weighted by Crippen LogP contribution is -2.66. The second kappa shape index (κ2) is 6.93. The van der Waals surface area contributed by atoms with Crippen LogP contribution in [0.15, 0.2) is 91.0 Å². The summed E-state index contributed by atoms with van der Waals surface area (Å²) in [4.78, 5) is 6.43. The second-order valence-corrected chi connectivity index (χ2v) is 7.57. The third-order valence-corrected chi connectivity index (χ3v) is 5.58. The van der Waals surface area contributed by atoms with E-state index in [1.807, 2.05) is 71.8 Å². The summed E-state index contributed by atoms with van der Waals surface area (Å²) in [6.07, 6.45) is 0. The molecule has 0 bridgehead atoms. The highest BCUT2D eigenvalue weighted by Gasteiger charge is 2.60. The molecule has 0 aliphatic carbocycles. The van der Waals surface area contributed by atoms with E-state index in [4.69, 9.17) is 4.84 Å². The zero-order chi connectivity index (χ0) is 18.9. The SMILES string of the molecule is CC(C)(c1ccccc1)N1OC(CO)(c2ccccc2)[C@@H]1c1ccccc1. The van der Waals surface area contributed by atoms with Crippen LogP contribution in [-0.2, 0) is 16.0 Å². The smallest absolute Gasteiger partial charge is 0.160 e. The molecular weight excluding hydrogens is 334 g/mol. The number of hydroxylamine groups is 2. The van der Waals surface area contributed by atoms with Crippen LogP contribution in [0.25, 0.3) is 0 Å². The average Bonchev–Trinajstić information content (AvgIpc) is 2.70. The maximum absolute atomic E-state index is 10.4. The van der Waals surface area contributed by atoms with Gasteiger partial charge in [0.15, 0.2) is 5.60 Å². The van der Waals surface area contributed by atoms with E-state index in [1.165, 1.54) is 5.56 Å². The van der Waals surface area contributed by atoms with Crippen molar-refractivity contribution in [1.29, 1.82) is 0 Å². The van der Waals surface area contributed by atoms with Crippen LogP contribution < -0.4 is 0 Å². The summed E-state index contributed by atoms with van der Waals surface area (Å²) in [5.41, 5.74) is 2.15. The summed E-state index contributed by atoms with van der Waals surface area (Å²) in [5.74, 6) is 0. The molecule has 2 atom stereocenters. The first kappa shape index (κ1) is 17.9. The van der Waals surface area contributed by atoms with E-state index in [1.54, 1.807) is 0 Å². The molecule has 1 aliphatic heterocycles. The van der Waals surface area contributed by atoms with Crippen LogP contribution in [-0.4, -0.2) is 16.8 Å². The Hall–Kier alpha value is -2.46. The van der Waals surface area contributed by atoms with Crippen LogP contribution in [0, 0.1) is 0 Å². The lowest BCUT2D eigenvalue weighted by Gasteiger charge is -2.61.